The Hall–Kier alpha value is -2.15. The number of furan rings is 2. The molecule has 0 N–H and O–H groups in total. The molecule has 128 valence electrons. The summed E-state index contributed by atoms with van der Waals surface area (Å²) in [6.45, 7) is 2.24. The number of aryl methyl sites for hydroxylation is 1. The van der Waals surface area contributed by atoms with Crippen molar-refractivity contribution in [1.29, 1.82) is 0 Å². The summed E-state index contributed by atoms with van der Waals surface area (Å²) in [6.07, 6.45) is 1.76. The minimum Gasteiger partial charge on any atom is -0.467 e. The second-order valence-electron chi connectivity index (χ2n) is 5.84. The van der Waals surface area contributed by atoms with Crippen LogP contribution in [0.15, 0.2) is 39.4 Å². The van der Waals surface area contributed by atoms with Crippen LogP contribution >= 0.6 is 11.8 Å². The molecule has 0 unspecified atom stereocenters. The lowest BCUT2D eigenvalue weighted by molar-refractivity contribution is -0.142. The quantitative estimate of drug-likeness (QED) is 0.829. The number of nitrogens with zero attached hydrogens (tertiary/aromatic N) is 2. The Labute approximate surface area is 144 Å². The van der Waals surface area contributed by atoms with Gasteiger partial charge >= 0.3 is 0 Å². The summed E-state index contributed by atoms with van der Waals surface area (Å²) in [6, 6.07) is 6.83. The second-order valence-corrected chi connectivity index (χ2v) is 6.84. The van der Waals surface area contributed by atoms with Gasteiger partial charge in [-0.05, 0) is 31.2 Å². The molecule has 1 fully saturated rings. The Morgan fingerprint density at radius 2 is 2.17 bits per heavy atom. The number of rotatable bonds is 5. The molecule has 0 aliphatic carbocycles. The van der Waals surface area contributed by atoms with Gasteiger partial charge in [0.25, 0.3) is 0 Å². The number of amides is 2. The van der Waals surface area contributed by atoms with Gasteiger partial charge in [-0.1, -0.05) is 0 Å². The van der Waals surface area contributed by atoms with E-state index in [1.165, 1.54) is 0 Å². The smallest absolute Gasteiger partial charge is 0.246 e. The average Bonchev–Trinajstić information content (AvgIpc) is 3.28. The van der Waals surface area contributed by atoms with Crippen molar-refractivity contribution in [2.75, 3.05) is 18.7 Å². The molecule has 1 aliphatic rings. The molecule has 7 heteroatoms. The van der Waals surface area contributed by atoms with Gasteiger partial charge in [0, 0.05) is 12.8 Å². The Morgan fingerprint density at radius 1 is 1.33 bits per heavy atom. The van der Waals surface area contributed by atoms with Crippen LogP contribution in [-0.2, 0) is 22.6 Å². The first-order chi connectivity index (χ1) is 11.5. The summed E-state index contributed by atoms with van der Waals surface area (Å²) < 4.78 is 10.7. The Kier molecular flexibility index (Phi) is 4.99. The molecular formula is C17H20N2O4S. The molecule has 0 aromatic carbocycles. The van der Waals surface area contributed by atoms with Gasteiger partial charge in [-0.3, -0.25) is 9.59 Å². The number of likely N-dealkylation sites (N-methyl/N-ethyl adjacent to an activating group) is 1. The molecule has 3 heterocycles. The lowest BCUT2D eigenvalue weighted by Gasteiger charge is -2.26. The van der Waals surface area contributed by atoms with Crippen LogP contribution in [0, 0.1) is 6.92 Å². The van der Waals surface area contributed by atoms with E-state index in [1.807, 2.05) is 19.1 Å². The van der Waals surface area contributed by atoms with Gasteiger partial charge in [0.05, 0.1) is 25.1 Å². The molecule has 6 nitrogen and oxygen atoms in total. The third-order valence-corrected chi connectivity index (χ3v) is 4.97. The number of hydrogen-bond acceptors (Lipinski definition) is 5. The average molecular weight is 348 g/mol. The highest BCUT2D eigenvalue weighted by Gasteiger charge is 2.36. The first kappa shape index (κ1) is 16.7. The lowest BCUT2D eigenvalue weighted by atomic mass is 10.2. The molecule has 0 spiro atoms. The van der Waals surface area contributed by atoms with Crippen LogP contribution in [-0.4, -0.2) is 46.3 Å². The summed E-state index contributed by atoms with van der Waals surface area (Å²) in [4.78, 5) is 28.5. The molecule has 2 aromatic rings. The minimum absolute atomic E-state index is 0.0691. The van der Waals surface area contributed by atoms with Gasteiger partial charge in [-0.25, -0.2) is 0 Å². The summed E-state index contributed by atoms with van der Waals surface area (Å²) in [5.74, 6) is 3.12. The van der Waals surface area contributed by atoms with Crippen molar-refractivity contribution in [3.8, 4) is 0 Å². The fraction of sp³-hybridized carbons (Fsp3) is 0.412. The van der Waals surface area contributed by atoms with Crippen molar-refractivity contribution >= 4 is 23.6 Å². The van der Waals surface area contributed by atoms with Crippen LogP contribution < -0.4 is 0 Å². The third kappa shape index (κ3) is 3.67. The number of carbonyl (C=O) groups excluding carboxylic acids is 2. The van der Waals surface area contributed by atoms with Crippen molar-refractivity contribution in [2.24, 2.45) is 0 Å². The lowest BCUT2D eigenvalue weighted by Crippen LogP contribution is -2.48. The Bertz CT molecular complexity index is 710. The van der Waals surface area contributed by atoms with Crippen molar-refractivity contribution < 1.29 is 18.4 Å². The van der Waals surface area contributed by atoms with Gasteiger partial charge in [0.1, 0.15) is 23.3 Å². The van der Waals surface area contributed by atoms with E-state index in [2.05, 4.69) is 0 Å². The molecule has 0 saturated carbocycles. The molecule has 1 atom stereocenters. The highest BCUT2D eigenvalue weighted by atomic mass is 32.2. The standard InChI is InChI=1S/C17H20N2O4S/c1-12-5-6-13(23-12)8-16(20)19-11-24-10-15(19)17(21)18(2)9-14-4-3-7-22-14/h3-7,15H,8-11H2,1-2H3/t15-/m0/s1. The maximum atomic E-state index is 12.7. The van der Waals surface area contributed by atoms with Crippen LogP contribution in [0.5, 0.6) is 0 Å². The topological polar surface area (TPSA) is 66.9 Å². The molecule has 2 amide bonds. The maximum absolute atomic E-state index is 12.7. The summed E-state index contributed by atoms with van der Waals surface area (Å²) in [5, 5.41) is 0. The van der Waals surface area contributed by atoms with Crippen LogP contribution in [0.3, 0.4) is 0 Å². The van der Waals surface area contributed by atoms with Crippen LogP contribution in [0.4, 0.5) is 0 Å². The normalized spacial score (nSPS) is 17.2. The van der Waals surface area contributed by atoms with E-state index in [-0.39, 0.29) is 18.2 Å². The predicted octanol–water partition coefficient (Wildman–Crippen LogP) is 2.28. The SMILES string of the molecule is Cc1ccc(CC(=O)N2CSC[C@H]2C(=O)N(C)Cc2ccco2)o1. The van der Waals surface area contributed by atoms with Gasteiger partial charge < -0.3 is 18.6 Å². The van der Waals surface area contributed by atoms with E-state index >= 15 is 0 Å². The summed E-state index contributed by atoms with van der Waals surface area (Å²) in [7, 11) is 1.73. The van der Waals surface area contributed by atoms with Crippen LogP contribution in [0.2, 0.25) is 0 Å². The van der Waals surface area contributed by atoms with E-state index in [9.17, 15) is 9.59 Å². The van der Waals surface area contributed by atoms with E-state index in [0.717, 1.165) is 11.5 Å². The highest BCUT2D eigenvalue weighted by molar-refractivity contribution is 7.99. The first-order valence-corrected chi connectivity index (χ1v) is 8.90. The molecule has 1 aliphatic heterocycles. The number of hydrogen-bond donors (Lipinski definition) is 0. The fourth-order valence-corrected chi connectivity index (χ4v) is 3.86. The van der Waals surface area contributed by atoms with Crippen molar-refractivity contribution in [3.05, 3.63) is 47.8 Å². The number of thioether (sulfide) groups is 1. The zero-order chi connectivity index (χ0) is 17.1. The highest BCUT2D eigenvalue weighted by Crippen LogP contribution is 2.24. The Balaban J connectivity index is 1.63. The maximum Gasteiger partial charge on any atom is 0.246 e. The summed E-state index contributed by atoms with van der Waals surface area (Å²) >= 11 is 1.59. The molecule has 0 radical (unpaired) electrons. The van der Waals surface area contributed by atoms with Gasteiger partial charge in [0.2, 0.25) is 11.8 Å². The molecule has 1 saturated heterocycles. The largest absolute Gasteiger partial charge is 0.467 e. The van der Waals surface area contributed by atoms with Crippen molar-refractivity contribution in [2.45, 2.75) is 25.9 Å². The van der Waals surface area contributed by atoms with Gasteiger partial charge in [-0.15, -0.1) is 11.8 Å². The van der Waals surface area contributed by atoms with E-state index in [1.54, 1.807) is 47.0 Å². The van der Waals surface area contributed by atoms with E-state index in [4.69, 9.17) is 8.83 Å². The van der Waals surface area contributed by atoms with Crippen LogP contribution in [0.1, 0.15) is 17.3 Å². The Morgan fingerprint density at radius 3 is 2.83 bits per heavy atom. The predicted molar refractivity (Wildman–Crippen MR) is 90.3 cm³/mol. The van der Waals surface area contributed by atoms with E-state index < -0.39 is 6.04 Å². The van der Waals surface area contributed by atoms with Crippen LogP contribution in [0.25, 0.3) is 0 Å². The molecular weight excluding hydrogens is 328 g/mol. The number of carbonyl (C=O) groups is 2. The minimum atomic E-state index is -0.432. The summed E-state index contributed by atoms with van der Waals surface area (Å²) in [5.41, 5.74) is 0. The van der Waals surface area contributed by atoms with Gasteiger partial charge in [-0.2, -0.15) is 0 Å². The zero-order valence-electron chi connectivity index (χ0n) is 13.7. The van der Waals surface area contributed by atoms with Gasteiger partial charge in [0.15, 0.2) is 0 Å². The molecule has 2 aromatic heterocycles. The zero-order valence-corrected chi connectivity index (χ0v) is 14.5. The van der Waals surface area contributed by atoms with Crippen molar-refractivity contribution in [1.82, 2.24) is 9.80 Å². The monoisotopic (exact) mass is 348 g/mol. The molecule has 3 rings (SSSR count). The van der Waals surface area contributed by atoms with Crippen molar-refractivity contribution in [3.63, 3.8) is 0 Å². The fourth-order valence-electron chi connectivity index (χ4n) is 2.69. The third-order valence-electron chi connectivity index (χ3n) is 3.96. The molecule has 0 bridgehead atoms. The molecule has 24 heavy (non-hydrogen) atoms. The van der Waals surface area contributed by atoms with E-state index in [0.29, 0.717) is 23.9 Å². The first-order valence-electron chi connectivity index (χ1n) is 7.74. The second kappa shape index (κ2) is 7.17.